The maximum atomic E-state index is 12.8. The number of anilines is 2. The van der Waals surface area contributed by atoms with Crippen molar-refractivity contribution in [3.05, 3.63) is 72.3 Å². The molecule has 10 heteroatoms. The third-order valence-electron chi connectivity index (χ3n) is 3.80. The molecule has 5 nitrogen and oxygen atoms in total. The first-order valence-electron chi connectivity index (χ1n) is 8.32. The summed E-state index contributed by atoms with van der Waals surface area (Å²) in [5.41, 5.74) is 1.19. The molecule has 3 aromatic rings. The van der Waals surface area contributed by atoms with Gasteiger partial charge in [0, 0.05) is 23.0 Å². The lowest BCUT2D eigenvalue weighted by Crippen LogP contribution is -2.11. The first kappa shape index (κ1) is 20.7. The largest absolute Gasteiger partial charge is 0.454 e. The van der Waals surface area contributed by atoms with Gasteiger partial charge in [0.1, 0.15) is 6.61 Å². The fraction of sp³-hybridized carbons (Fsp3) is 0.158. The van der Waals surface area contributed by atoms with E-state index in [1.54, 1.807) is 30.3 Å². The van der Waals surface area contributed by atoms with Gasteiger partial charge < -0.3 is 10.1 Å². The first-order chi connectivity index (χ1) is 13.9. The number of benzene rings is 2. The molecule has 0 aliphatic rings. The summed E-state index contributed by atoms with van der Waals surface area (Å²) in [5, 5.41) is 3.02. The van der Waals surface area contributed by atoms with E-state index in [1.165, 1.54) is 24.4 Å². The Balaban J connectivity index is 1.69. The highest BCUT2D eigenvalue weighted by Crippen LogP contribution is 2.28. The Kier molecular flexibility index (Phi) is 6.76. The zero-order chi connectivity index (χ0) is 20.8. The van der Waals surface area contributed by atoms with E-state index >= 15 is 0 Å². The standard InChI is InChI=1S/C19H15F4N3O2S/c20-18(21)26-10-9-24-16(26)11-28-17(27)14-3-1-2-4-15(14)25-12-5-7-13(8-6-12)29-19(22)23/h1-10,18-19,25H,11H2. The van der Waals surface area contributed by atoms with Gasteiger partial charge in [0.2, 0.25) is 0 Å². The topological polar surface area (TPSA) is 56.1 Å². The van der Waals surface area contributed by atoms with Gasteiger partial charge in [-0.1, -0.05) is 23.9 Å². The van der Waals surface area contributed by atoms with Crippen molar-refractivity contribution in [2.24, 2.45) is 0 Å². The molecule has 0 aliphatic carbocycles. The number of nitrogens with zero attached hydrogens (tertiary/aromatic N) is 2. The number of imidazole rings is 1. The molecule has 0 radical (unpaired) electrons. The highest BCUT2D eigenvalue weighted by atomic mass is 32.2. The molecule has 0 spiro atoms. The third kappa shape index (κ3) is 5.50. The van der Waals surface area contributed by atoms with Crippen LogP contribution in [0.2, 0.25) is 0 Å². The van der Waals surface area contributed by atoms with Gasteiger partial charge in [0.05, 0.1) is 11.3 Å². The van der Waals surface area contributed by atoms with E-state index in [0.29, 0.717) is 32.6 Å². The molecule has 0 atom stereocenters. The minimum absolute atomic E-state index is 0.0779. The van der Waals surface area contributed by atoms with E-state index in [1.807, 2.05) is 0 Å². The molecule has 1 heterocycles. The maximum Gasteiger partial charge on any atom is 0.340 e. The lowest BCUT2D eigenvalue weighted by atomic mass is 10.1. The van der Waals surface area contributed by atoms with Crippen molar-refractivity contribution in [1.29, 1.82) is 0 Å². The van der Waals surface area contributed by atoms with Crippen LogP contribution < -0.4 is 5.32 Å². The van der Waals surface area contributed by atoms with Gasteiger partial charge >= 0.3 is 12.5 Å². The Bertz CT molecular complexity index is 964. The van der Waals surface area contributed by atoms with Crippen LogP contribution in [-0.4, -0.2) is 21.3 Å². The summed E-state index contributed by atoms with van der Waals surface area (Å²) in [4.78, 5) is 16.6. The van der Waals surface area contributed by atoms with E-state index in [0.717, 1.165) is 6.20 Å². The van der Waals surface area contributed by atoms with Crippen LogP contribution in [0.3, 0.4) is 0 Å². The number of ether oxygens (including phenoxy) is 1. The predicted molar refractivity (Wildman–Crippen MR) is 101 cm³/mol. The normalized spacial score (nSPS) is 11.1. The minimum Gasteiger partial charge on any atom is -0.454 e. The Morgan fingerprint density at radius 3 is 2.52 bits per heavy atom. The highest BCUT2D eigenvalue weighted by molar-refractivity contribution is 7.99. The number of hydrogen-bond donors (Lipinski definition) is 1. The number of alkyl halides is 4. The smallest absolute Gasteiger partial charge is 0.340 e. The zero-order valence-corrected chi connectivity index (χ0v) is 15.6. The van der Waals surface area contributed by atoms with Gasteiger partial charge in [-0.05, 0) is 36.4 Å². The molecule has 3 rings (SSSR count). The molecule has 0 bridgehead atoms. The number of hydrogen-bond acceptors (Lipinski definition) is 5. The van der Waals surface area contributed by atoms with Crippen LogP contribution in [0.5, 0.6) is 0 Å². The summed E-state index contributed by atoms with van der Waals surface area (Å²) in [6.07, 6.45) is 2.29. The molecule has 1 N–H and O–H groups in total. The average Bonchev–Trinajstić information content (AvgIpc) is 3.17. The van der Waals surface area contributed by atoms with E-state index in [9.17, 15) is 22.4 Å². The highest BCUT2D eigenvalue weighted by Gasteiger charge is 2.16. The molecular formula is C19H15F4N3O2S. The Morgan fingerprint density at radius 2 is 1.83 bits per heavy atom. The summed E-state index contributed by atoms with van der Waals surface area (Å²) in [6, 6.07) is 12.8. The Labute approximate surface area is 167 Å². The average molecular weight is 425 g/mol. The van der Waals surface area contributed by atoms with Crippen molar-refractivity contribution in [3.63, 3.8) is 0 Å². The monoisotopic (exact) mass is 425 g/mol. The predicted octanol–water partition coefficient (Wildman–Crippen LogP) is 5.69. The van der Waals surface area contributed by atoms with Gasteiger partial charge in [0.25, 0.3) is 5.76 Å². The summed E-state index contributed by atoms with van der Waals surface area (Å²) in [7, 11) is 0. The van der Waals surface area contributed by atoms with Gasteiger partial charge in [-0.15, -0.1) is 0 Å². The van der Waals surface area contributed by atoms with E-state index in [-0.39, 0.29) is 11.4 Å². The molecule has 29 heavy (non-hydrogen) atoms. The lowest BCUT2D eigenvalue weighted by Gasteiger charge is -2.12. The summed E-state index contributed by atoms with van der Waals surface area (Å²) in [6.45, 7) is -3.20. The second kappa shape index (κ2) is 9.46. The van der Waals surface area contributed by atoms with Crippen LogP contribution in [0.4, 0.5) is 28.9 Å². The number of rotatable bonds is 8. The van der Waals surface area contributed by atoms with Crippen LogP contribution in [0, 0.1) is 0 Å². The van der Waals surface area contributed by atoms with Crippen LogP contribution in [0.1, 0.15) is 22.7 Å². The molecule has 0 aliphatic heterocycles. The number of nitrogens with one attached hydrogen (secondary N) is 1. The van der Waals surface area contributed by atoms with Crippen LogP contribution >= 0.6 is 11.8 Å². The van der Waals surface area contributed by atoms with Gasteiger partial charge in [-0.25, -0.2) is 9.78 Å². The first-order valence-corrected chi connectivity index (χ1v) is 9.20. The molecule has 1 aromatic heterocycles. The quantitative estimate of drug-likeness (QED) is 0.285. The number of para-hydroxylation sites is 1. The maximum absolute atomic E-state index is 12.8. The fourth-order valence-electron chi connectivity index (χ4n) is 2.49. The molecule has 2 aromatic carbocycles. The van der Waals surface area contributed by atoms with Crippen LogP contribution in [0.25, 0.3) is 0 Å². The number of carbonyl (C=O) groups excluding carboxylic acids is 1. The van der Waals surface area contributed by atoms with Gasteiger partial charge in [-0.2, -0.15) is 17.6 Å². The van der Waals surface area contributed by atoms with Crippen molar-refractivity contribution < 1.29 is 27.1 Å². The fourth-order valence-corrected chi connectivity index (χ4v) is 2.99. The summed E-state index contributed by atoms with van der Waals surface area (Å²) >= 11 is 0.433. The molecule has 0 saturated heterocycles. The number of thioether (sulfide) groups is 1. The number of aromatic nitrogens is 2. The lowest BCUT2D eigenvalue weighted by molar-refractivity contribution is 0.0377. The van der Waals surface area contributed by atoms with Crippen LogP contribution in [-0.2, 0) is 11.3 Å². The number of carbonyl (C=O) groups is 1. The van der Waals surface area contributed by atoms with E-state index in [2.05, 4.69) is 10.3 Å². The second-order valence-corrected chi connectivity index (χ2v) is 6.74. The van der Waals surface area contributed by atoms with Gasteiger partial charge in [0.15, 0.2) is 5.82 Å². The Morgan fingerprint density at radius 1 is 1.10 bits per heavy atom. The van der Waals surface area contributed by atoms with Crippen molar-refractivity contribution in [2.75, 3.05) is 5.32 Å². The summed E-state index contributed by atoms with van der Waals surface area (Å²) < 4.78 is 56.2. The van der Waals surface area contributed by atoms with Crippen LogP contribution in [0.15, 0.2) is 65.8 Å². The van der Waals surface area contributed by atoms with Crippen molar-refractivity contribution in [1.82, 2.24) is 9.55 Å². The molecule has 0 amide bonds. The van der Waals surface area contributed by atoms with Gasteiger partial charge in [-0.3, -0.25) is 4.57 Å². The minimum atomic E-state index is -2.79. The van der Waals surface area contributed by atoms with Crippen molar-refractivity contribution in [2.45, 2.75) is 23.8 Å². The second-order valence-electron chi connectivity index (χ2n) is 5.68. The van der Waals surface area contributed by atoms with E-state index < -0.39 is 24.9 Å². The molecular weight excluding hydrogens is 410 g/mol. The third-order valence-corrected chi connectivity index (χ3v) is 4.52. The summed E-state index contributed by atoms with van der Waals surface area (Å²) in [5.74, 6) is -3.31. The number of halogens is 4. The molecule has 152 valence electrons. The number of esters is 1. The zero-order valence-electron chi connectivity index (χ0n) is 14.8. The van der Waals surface area contributed by atoms with E-state index in [4.69, 9.17) is 4.74 Å². The Hall–Kier alpha value is -3.01. The SMILES string of the molecule is O=C(OCc1nccn1C(F)F)c1ccccc1Nc1ccc(SC(F)F)cc1. The molecule has 0 unspecified atom stereocenters. The molecule has 0 fully saturated rings. The molecule has 0 saturated carbocycles. The van der Waals surface area contributed by atoms with Crippen molar-refractivity contribution >= 4 is 29.1 Å². The van der Waals surface area contributed by atoms with Crippen molar-refractivity contribution in [3.8, 4) is 0 Å².